The third-order valence-electron chi connectivity index (χ3n) is 3.19. The van der Waals surface area contributed by atoms with E-state index in [9.17, 15) is 14.0 Å². The van der Waals surface area contributed by atoms with Crippen LogP contribution < -0.4 is 0 Å². The molecule has 0 N–H and O–H groups in total. The van der Waals surface area contributed by atoms with Gasteiger partial charge in [0.25, 0.3) is 0 Å². The number of halogens is 1. The van der Waals surface area contributed by atoms with Crippen LogP contribution in [-0.2, 0) is 14.3 Å². The lowest BCUT2D eigenvalue weighted by Gasteiger charge is -2.14. The summed E-state index contributed by atoms with van der Waals surface area (Å²) in [4.78, 5) is 28.7. The third kappa shape index (κ3) is 6.51. The molecule has 0 saturated heterocycles. The van der Waals surface area contributed by atoms with Gasteiger partial charge in [0.1, 0.15) is 11.4 Å². The SMILES string of the molecule is CCOC(=O)/C(=C\N(C)C)C(=O)/C(=C/CN(C)C)c1ccc(F)cc1. The summed E-state index contributed by atoms with van der Waals surface area (Å²) in [7, 11) is 7.16. The minimum atomic E-state index is -0.681. The van der Waals surface area contributed by atoms with Crippen LogP contribution in [0.2, 0.25) is 0 Å². The minimum Gasteiger partial charge on any atom is -0.462 e. The van der Waals surface area contributed by atoms with Crippen molar-refractivity contribution in [3.05, 3.63) is 53.5 Å². The molecule has 0 saturated carbocycles. The topological polar surface area (TPSA) is 49.9 Å². The van der Waals surface area contributed by atoms with Crippen molar-refractivity contribution in [2.75, 3.05) is 41.3 Å². The number of carbonyl (C=O) groups excluding carboxylic acids is 2. The molecule has 0 unspecified atom stereocenters. The second-order valence-electron chi connectivity index (χ2n) is 5.94. The van der Waals surface area contributed by atoms with E-state index in [1.165, 1.54) is 30.5 Å². The molecule has 0 aliphatic heterocycles. The molecule has 25 heavy (non-hydrogen) atoms. The zero-order valence-electron chi connectivity index (χ0n) is 15.4. The van der Waals surface area contributed by atoms with Gasteiger partial charge in [-0.15, -0.1) is 0 Å². The number of allylic oxidation sites excluding steroid dienone is 1. The van der Waals surface area contributed by atoms with E-state index < -0.39 is 17.6 Å². The van der Waals surface area contributed by atoms with Gasteiger partial charge in [-0.1, -0.05) is 18.2 Å². The molecule has 136 valence electrons. The maximum atomic E-state index is 13.2. The fourth-order valence-corrected chi connectivity index (χ4v) is 2.06. The fraction of sp³-hybridized carbons (Fsp3) is 0.368. The van der Waals surface area contributed by atoms with E-state index >= 15 is 0 Å². The standard InChI is InChI=1S/C19H25FN2O3/c1-6-25-19(24)17(13-22(4)5)18(23)16(11-12-21(2)3)14-7-9-15(20)10-8-14/h7-11,13H,6,12H2,1-5H3/b16-11+,17-13-. The first-order valence-corrected chi connectivity index (χ1v) is 7.97. The normalized spacial score (nSPS) is 12.3. The number of carbonyl (C=O) groups is 2. The molecule has 0 atom stereocenters. The Kier molecular flexibility index (Phi) is 8.01. The largest absolute Gasteiger partial charge is 0.462 e. The summed E-state index contributed by atoms with van der Waals surface area (Å²) in [6, 6.07) is 5.61. The summed E-state index contributed by atoms with van der Waals surface area (Å²) in [5.41, 5.74) is 0.804. The first-order chi connectivity index (χ1) is 11.8. The molecular weight excluding hydrogens is 323 g/mol. The summed E-state index contributed by atoms with van der Waals surface area (Å²) in [5, 5.41) is 0. The number of esters is 1. The number of hydrogen-bond donors (Lipinski definition) is 0. The van der Waals surface area contributed by atoms with E-state index in [1.54, 1.807) is 32.0 Å². The van der Waals surface area contributed by atoms with Gasteiger partial charge >= 0.3 is 5.97 Å². The smallest absolute Gasteiger partial charge is 0.343 e. The number of Topliss-reactive ketones (excluding diaryl/α,β-unsaturated/α-hetero) is 1. The molecule has 5 nitrogen and oxygen atoms in total. The predicted octanol–water partition coefficient (Wildman–Crippen LogP) is 2.35. The van der Waals surface area contributed by atoms with E-state index in [2.05, 4.69) is 0 Å². The van der Waals surface area contributed by atoms with Crippen molar-refractivity contribution < 1.29 is 18.7 Å². The highest BCUT2D eigenvalue weighted by Crippen LogP contribution is 2.21. The Morgan fingerprint density at radius 2 is 1.72 bits per heavy atom. The van der Waals surface area contributed by atoms with Crippen LogP contribution in [0.15, 0.2) is 42.1 Å². The summed E-state index contributed by atoms with van der Waals surface area (Å²) in [6.07, 6.45) is 3.16. The molecule has 0 amide bonds. The van der Waals surface area contributed by atoms with Crippen LogP contribution in [0.4, 0.5) is 4.39 Å². The molecule has 0 aliphatic carbocycles. The number of nitrogens with zero attached hydrogens (tertiary/aromatic N) is 2. The van der Waals surface area contributed by atoms with Crippen molar-refractivity contribution in [3.8, 4) is 0 Å². The average Bonchev–Trinajstić information content (AvgIpc) is 2.54. The number of ketones is 1. The van der Waals surface area contributed by atoms with E-state index in [0.29, 0.717) is 17.7 Å². The van der Waals surface area contributed by atoms with Crippen molar-refractivity contribution in [2.45, 2.75) is 6.92 Å². The Labute approximate surface area is 148 Å². The molecule has 1 rings (SSSR count). The van der Waals surface area contributed by atoms with Gasteiger partial charge in [-0.25, -0.2) is 9.18 Å². The van der Waals surface area contributed by atoms with Crippen LogP contribution >= 0.6 is 0 Å². The third-order valence-corrected chi connectivity index (χ3v) is 3.19. The lowest BCUT2D eigenvalue weighted by molar-refractivity contribution is -0.139. The average molecular weight is 348 g/mol. The lowest BCUT2D eigenvalue weighted by Crippen LogP contribution is -2.21. The van der Waals surface area contributed by atoms with Crippen LogP contribution in [0.3, 0.4) is 0 Å². The zero-order valence-corrected chi connectivity index (χ0v) is 15.4. The molecule has 0 aliphatic rings. The van der Waals surface area contributed by atoms with Gasteiger partial charge in [0.15, 0.2) is 0 Å². The van der Waals surface area contributed by atoms with Gasteiger partial charge in [0.2, 0.25) is 5.78 Å². The quantitative estimate of drug-likeness (QED) is 0.312. The minimum absolute atomic E-state index is 0.0684. The Hall–Kier alpha value is -2.47. The predicted molar refractivity (Wildman–Crippen MR) is 96.3 cm³/mol. The maximum absolute atomic E-state index is 13.2. The van der Waals surface area contributed by atoms with E-state index in [1.807, 2.05) is 19.0 Å². The van der Waals surface area contributed by atoms with Gasteiger partial charge in [0, 0.05) is 32.4 Å². The molecule has 0 heterocycles. The van der Waals surface area contributed by atoms with Gasteiger partial charge in [-0.2, -0.15) is 0 Å². The van der Waals surface area contributed by atoms with E-state index in [4.69, 9.17) is 4.74 Å². The second kappa shape index (κ2) is 9.74. The van der Waals surface area contributed by atoms with Crippen LogP contribution in [0.1, 0.15) is 12.5 Å². The number of hydrogen-bond acceptors (Lipinski definition) is 5. The van der Waals surface area contributed by atoms with Crippen LogP contribution in [0.5, 0.6) is 0 Å². The van der Waals surface area contributed by atoms with Gasteiger partial charge in [-0.3, -0.25) is 4.79 Å². The summed E-state index contributed by atoms with van der Waals surface area (Å²) in [5.74, 6) is -1.53. The van der Waals surface area contributed by atoms with Crippen LogP contribution in [-0.4, -0.2) is 62.9 Å². The Bertz CT molecular complexity index is 662. The van der Waals surface area contributed by atoms with Gasteiger partial charge in [0.05, 0.1) is 6.61 Å². The summed E-state index contributed by atoms with van der Waals surface area (Å²) < 4.78 is 18.2. The Balaban J connectivity index is 3.35. The van der Waals surface area contributed by atoms with Crippen molar-refractivity contribution in [3.63, 3.8) is 0 Å². The van der Waals surface area contributed by atoms with Crippen molar-refractivity contribution in [1.82, 2.24) is 9.80 Å². The molecular formula is C19H25FN2O3. The number of benzene rings is 1. The molecule has 1 aromatic carbocycles. The van der Waals surface area contributed by atoms with Gasteiger partial charge < -0.3 is 14.5 Å². The molecule has 1 aromatic rings. The van der Waals surface area contributed by atoms with E-state index in [-0.39, 0.29) is 12.2 Å². The van der Waals surface area contributed by atoms with Crippen LogP contribution in [0.25, 0.3) is 5.57 Å². The first-order valence-electron chi connectivity index (χ1n) is 7.97. The lowest BCUT2D eigenvalue weighted by atomic mass is 9.96. The highest BCUT2D eigenvalue weighted by atomic mass is 19.1. The zero-order chi connectivity index (χ0) is 19.0. The second-order valence-corrected chi connectivity index (χ2v) is 5.94. The maximum Gasteiger partial charge on any atom is 0.343 e. The number of rotatable bonds is 8. The molecule has 0 spiro atoms. The molecule has 0 aromatic heterocycles. The summed E-state index contributed by atoms with van der Waals surface area (Å²) in [6.45, 7) is 2.35. The highest BCUT2D eigenvalue weighted by molar-refractivity contribution is 6.37. The molecule has 0 fully saturated rings. The molecule has 6 heteroatoms. The van der Waals surface area contributed by atoms with Crippen LogP contribution in [0, 0.1) is 5.82 Å². The number of ether oxygens (including phenoxy) is 1. The Morgan fingerprint density at radius 1 is 1.12 bits per heavy atom. The fourth-order valence-electron chi connectivity index (χ4n) is 2.06. The monoisotopic (exact) mass is 348 g/mol. The molecule has 0 bridgehead atoms. The van der Waals surface area contributed by atoms with Crippen molar-refractivity contribution >= 4 is 17.3 Å². The van der Waals surface area contributed by atoms with Gasteiger partial charge in [-0.05, 0) is 38.7 Å². The summed E-state index contributed by atoms with van der Waals surface area (Å²) >= 11 is 0. The first kappa shape index (κ1) is 20.6. The van der Waals surface area contributed by atoms with Crippen molar-refractivity contribution in [2.24, 2.45) is 0 Å². The van der Waals surface area contributed by atoms with Crippen molar-refractivity contribution in [1.29, 1.82) is 0 Å². The Morgan fingerprint density at radius 3 is 2.20 bits per heavy atom. The number of likely N-dealkylation sites (N-methyl/N-ethyl adjacent to an activating group) is 1. The molecule has 0 radical (unpaired) electrons. The van der Waals surface area contributed by atoms with E-state index in [0.717, 1.165) is 0 Å². The highest BCUT2D eigenvalue weighted by Gasteiger charge is 2.24.